The van der Waals surface area contributed by atoms with Gasteiger partial charge >= 0.3 is 0 Å². The summed E-state index contributed by atoms with van der Waals surface area (Å²) >= 11 is 12.3. The fraction of sp³-hybridized carbons (Fsp3) is 0.174. The normalized spacial score (nSPS) is 11.2. The number of benzene rings is 2. The van der Waals surface area contributed by atoms with Crippen molar-refractivity contribution >= 4 is 34.2 Å². The molecule has 29 heavy (non-hydrogen) atoms. The fourth-order valence-electron chi connectivity index (χ4n) is 3.39. The highest BCUT2D eigenvalue weighted by Crippen LogP contribution is 2.32. The van der Waals surface area contributed by atoms with Gasteiger partial charge in [-0.05, 0) is 49.2 Å². The Morgan fingerprint density at radius 2 is 1.79 bits per heavy atom. The van der Waals surface area contributed by atoms with E-state index in [0.717, 1.165) is 39.2 Å². The van der Waals surface area contributed by atoms with Crippen LogP contribution in [0, 0.1) is 19.7 Å². The van der Waals surface area contributed by atoms with Gasteiger partial charge in [-0.3, -0.25) is 4.98 Å². The molecule has 0 N–H and O–H groups in total. The molecule has 0 saturated carbocycles. The van der Waals surface area contributed by atoms with E-state index in [9.17, 15) is 4.39 Å². The Hall–Kier alpha value is -2.56. The minimum absolute atomic E-state index is 0.246. The van der Waals surface area contributed by atoms with E-state index < -0.39 is 0 Å². The second-order valence-electron chi connectivity index (χ2n) is 6.95. The van der Waals surface area contributed by atoms with E-state index in [1.807, 2.05) is 19.1 Å². The van der Waals surface area contributed by atoms with E-state index in [-0.39, 0.29) is 5.82 Å². The van der Waals surface area contributed by atoms with Crippen molar-refractivity contribution in [3.63, 3.8) is 0 Å². The van der Waals surface area contributed by atoms with Gasteiger partial charge in [0.1, 0.15) is 23.7 Å². The number of aryl methyl sites for hydroxylation is 1. The smallest absolute Gasteiger partial charge is 0.147 e. The third-order valence-electron chi connectivity index (χ3n) is 5.11. The number of hydrogen-bond donors (Lipinski definition) is 0. The minimum Gasteiger partial charge on any atom is -0.487 e. The highest BCUT2D eigenvalue weighted by atomic mass is 35.5. The summed E-state index contributed by atoms with van der Waals surface area (Å²) in [5.41, 5.74) is 5.85. The summed E-state index contributed by atoms with van der Waals surface area (Å²) in [5, 5.41) is 1.15. The summed E-state index contributed by atoms with van der Waals surface area (Å²) in [5.74, 6) is 0.476. The van der Waals surface area contributed by atoms with Gasteiger partial charge in [0.05, 0.1) is 5.52 Å². The van der Waals surface area contributed by atoms with Crippen molar-refractivity contribution in [1.29, 1.82) is 0 Å². The molecule has 4 rings (SSSR count). The van der Waals surface area contributed by atoms with E-state index in [0.29, 0.717) is 23.2 Å². The first kappa shape index (κ1) is 19.7. The van der Waals surface area contributed by atoms with Gasteiger partial charge in [-0.1, -0.05) is 41.4 Å². The largest absolute Gasteiger partial charge is 0.487 e. The summed E-state index contributed by atoms with van der Waals surface area (Å²) in [6, 6.07) is 13.7. The average Bonchev–Trinajstić information content (AvgIpc) is 2.94. The molecule has 148 valence electrons. The third kappa shape index (κ3) is 3.96. The first-order valence-corrected chi connectivity index (χ1v) is 9.95. The van der Waals surface area contributed by atoms with Gasteiger partial charge in [-0.2, -0.15) is 0 Å². The number of rotatable bonds is 5. The zero-order valence-electron chi connectivity index (χ0n) is 16.0. The number of ether oxygens (including phenoxy) is 1. The van der Waals surface area contributed by atoms with E-state index in [4.69, 9.17) is 27.9 Å². The maximum Gasteiger partial charge on any atom is 0.147 e. The van der Waals surface area contributed by atoms with Gasteiger partial charge in [0.2, 0.25) is 0 Å². The fourth-order valence-corrected chi connectivity index (χ4v) is 3.86. The molecule has 0 aliphatic heterocycles. The van der Waals surface area contributed by atoms with Crippen LogP contribution >= 0.6 is 23.2 Å². The minimum atomic E-state index is -0.246. The van der Waals surface area contributed by atoms with Crippen LogP contribution < -0.4 is 4.74 Å². The van der Waals surface area contributed by atoms with Crippen molar-refractivity contribution in [2.45, 2.75) is 27.0 Å². The Morgan fingerprint density at radius 3 is 2.52 bits per heavy atom. The lowest BCUT2D eigenvalue weighted by Crippen LogP contribution is -2.04. The zero-order chi connectivity index (χ0) is 20.5. The maximum atomic E-state index is 13.3. The lowest BCUT2D eigenvalue weighted by atomic mass is 10.2. The summed E-state index contributed by atoms with van der Waals surface area (Å²) < 4.78 is 21.6. The SMILES string of the molecule is Cc1c(C)n(Cc2ccc(F)cc2)c2c(OCc3ccc(Cl)cc3Cl)ccnc12. The molecule has 4 aromatic rings. The van der Waals surface area contributed by atoms with Crippen LogP contribution in [0.25, 0.3) is 11.0 Å². The predicted octanol–water partition coefficient (Wildman–Crippen LogP) is 6.73. The van der Waals surface area contributed by atoms with Crippen molar-refractivity contribution < 1.29 is 9.13 Å². The molecule has 0 fully saturated rings. The topological polar surface area (TPSA) is 27.1 Å². The highest BCUT2D eigenvalue weighted by molar-refractivity contribution is 6.35. The summed E-state index contributed by atoms with van der Waals surface area (Å²) in [7, 11) is 0. The summed E-state index contributed by atoms with van der Waals surface area (Å²) in [6.45, 7) is 5.02. The molecule has 3 nitrogen and oxygen atoms in total. The first-order chi connectivity index (χ1) is 13.9. The van der Waals surface area contributed by atoms with Crippen LogP contribution in [0.3, 0.4) is 0 Å². The van der Waals surface area contributed by atoms with Crippen molar-refractivity contribution in [3.8, 4) is 5.75 Å². The maximum absolute atomic E-state index is 13.3. The Kier molecular flexibility index (Phi) is 5.48. The van der Waals surface area contributed by atoms with Crippen molar-refractivity contribution in [2.24, 2.45) is 0 Å². The molecule has 0 unspecified atom stereocenters. The van der Waals surface area contributed by atoms with Crippen molar-refractivity contribution in [3.05, 3.63) is 93.0 Å². The van der Waals surface area contributed by atoms with Crippen LogP contribution in [-0.4, -0.2) is 9.55 Å². The lowest BCUT2D eigenvalue weighted by Gasteiger charge is -2.13. The summed E-state index contributed by atoms with van der Waals surface area (Å²) in [6.07, 6.45) is 1.75. The van der Waals surface area contributed by atoms with E-state index in [1.54, 1.807) is 30.5 Å². The Bertz CT molecular complexity index is 1190. The monoisotopic (exact) mass is 428 g/mol. The Balaban J connectivity index is 1.72. The molecule has 2 heterocycles. The van der Waals surface area contributed by atoms with Crippen LogP contribution in [0.2, 0.25) is 10.0 Å². The number of aromatic nitrogens is 2. The van der Waals surface area contributed by atoms with Crippen LogP contribution in [-0.2, 0) is 13.2 Å². The number of pyridine rings is 1. The van der Waals surface area contributed by atoms with Gasteiger partial charge in [0, 0.05) is 40.1 Å². The molecular formula is C23H19Cl2FN2O. The molecule has 0 atom stereocenters. The standard InChI is InChI=1S/C23H19Cl2FN2O/c1-14-15(2)28(12-16-3-7-19(26)8-4-16)23-21(9-10-27-22(14)23)29-13-17-5-6-18(24)11-20(17)25/h3-11H,12-13H2,1-2H3. The van der Waals surface area contributed by atoms with E-state index >= 15 is 0 Å². The molecule has 0 radical (unpaired) electrons. The molecule has 0 aliphatic carbocycles. The molecule has 6 heteroatoms. The van der Waals surface area contributed by atoms with Crippen LogP contribution in [0.4, 0.5) is 4.39 Å². The summed E-state index contributed by atoms with van der Waals surface area (Å²) in [4.78, 5) is 4.56. The van der Waals surface area contributed by atoms with Gasteiger partial charge in [-0.25, -0.2) is 4.39 Å². The quantitative estimate of drug-likeness (QED) is 0.352. The van der Waals surface area contributed by atoms with Crippen molar-refractivity contribution in [2.75, 3.05) is 0 Å². The van der Waals surface area contributed by atoms with Crippen LogP contribution in [0.15, 0.2) is 54.7 Å². The van der Waals surface area contributed by atoms with Gasteiger partial charge in [0.15, 0.2) is 0 Å². The number of fused-ring (bicyclic) bond motifs is 1. The average molecular weight is 429 g/mol. The van der Waals surface area contributed by atoms with Crippen LogP contribution in [0.1, 0.15) is 22.4 Å². The molecular weight excluding hydrogens is 410 g/mol. The van der Waals surface area contributed by atoms with E-state index in [2.05, 4.69) is 16.5 Å². The van der Waals surface area contributed by atoms with E-state index in [1.165, 1.54) is 12.1 Å². The first-order valence-electron chi connectivity index (χ1n) is 9.19. The Morgan fingerprint density at radius 1 is 1.03 bits per heavy atom. The second-order valence-corrected chi connectivity index (χ2v) is 7.80. The zero-order valence-corrected chi connectivity index (χ0v) is 17.6. The molecule has 0 saturated heterocycles. The number of hydrogen-bond acceptors (Lipinski definition) is 2. The molecule has 0 amide bonds. The van der Waals surface area contributed by atoms with Gasteiger partial charge in [0.25, 0.3) is 0 Å². The third-order valence-corrected chi connectivity index (χ3v) is 5.70. The van der Waals surface area contributed by atoms with Gasteiger partial charge < -0.3 is 9.30 Å². The highest BCUT2D eigenvalue weighted by Gasteiger charge is 2.17. The molecule has 0 bridgehead atoms. The Labute approximate surface area is 178 Å². The predicted molar refractivity (Wildman–Crippen MR) is 116 cm³/mol. The molecule has 2 aromatic carbocycles. The molecule has 0 spiro atoms. The number of nitrogens with zero attached hydrogens (tertiary/aromatic N) is 2. The lowest BCUT2D eigenvalue weighted by molar-refractivity contribution is 0.308. The molecule has 2 aromatic heterocycles. The second kappa shape index (κ2) is 8.05. The van der Waals surface area contributed by atoms with Gasteiger partial charge in [-0.15, -0.1) is 0 Å². The number of halogens is 3. The van der Waals surface area contributed by atoms with Crippen molar-refractivity contribution in [1.82, 2.24) is 9.55 Å². The van der Waals surface area contributed by atoms with Crippen LogP contribution in [0.5, 0.6) is 5.75 Å². The molecule has 0 aliphatic rings.